The molecule has 110 valence electrons. The van der Waals surface area contributed by atoms with Crippen molar-refractivity contribution in [2.24, 2.45) is 10.9 Å². The fourth-order valence-electron chi connectivity index (χ4n) is 1.61. The molecule has 2 aromatic rings. The molecule has 0 saturated heterocycles. The number of ether oxygens (including phenoxy) is 1. The van der Waals surface area contributed by atoms with E-state index in [1.807, 2.05) is 31.2 Å². The van der Waals surface area contributed by atoms with E-state index in [0.717, 1.165) is 22.7 Å². The van der Waals surface area contributed by atoms with E-state index in [1.54, 1.807) is 12.3 Å². The van der Waals surface area contributed by atoms with E-state index in [2.05, 4.69) is 15.0 Å². The van der Waals surface area contributed by atoms with Gasteiger partial charge in [-0.3, -0.25) is 4.98 Å². The monoisotopic (exact) mass is 305 g/mol. The Morgan fingerprint density at radius 1 is 1.38 bits per heavy atom. The molecule has 7 heteroatoms. The van der Waals surface area contributed by atoms with E-state index in [0.29, 0.717) is 11.5 Å². The lowest BCUT2D eigenvalue weighted by Crippen LogP contribution is -2.21. The van der Waals surface area contributed by atoms with Crippen LogP contribution >= 0.6 is 11.8 Å². The van der Waals surface area contributed by atoms with Crippen LogP contribution in [0.15, 0.2) is 41.7 Å². The number of para-hydroxylation sites is 1. The third-order valence-electron chi connectivity index (χ3n) is 2.47. The minimum Gasteiger partial charge on any atom is -0.483 e. The molecule has 6 nitrogen and oxygen atoms in total. The summed E-state index contributed by atoms with van der Waals surface area (Å²) < 4.78 is 5.56. The average molecular weight is 305 g/mol. The van der Waals surface area contributed by atoms with E-state index < -0.39 is 5.30 Å². The Bertz CT molecular complexity index is 655. The number of hydrogen-bond donors (Lipinski definition) is 1. The number of thioether (sulfide) groups is 1. The molecule has 0 aliphatic heterocycles. The second kappa shape index (κ2) is 7.49. The van der Waals surface area contributed by atoms with E-state index in [1.165, 1.54) is 0 Å². The minimum absolute atomic E-state index is 0.0137. The molecule has 0 radical (unpaired) electrons. The van der Waals surface area contributed by atoms with Gasteiger partial charge in [-0.25, -0.2) is 4.79 Å². The van der Waals surface area contributed by atoms with E-state index in [9.17, 15) is 4.79 Å². The quantitative estimate of drug-likeness (QED) is 0.395. The van der Waals surface area contributed by atoms with Gasteiger partial charge in [0.25, 0.3) is 0 Å². The molecule has 0 aliphatic carbocycles. The number of carbonyl (C=O) groups excluding carboxylic acids is 1. The highest BCUT2D eigenvalue weighted by atomic mass is 32.2. The second-order valence-corrected chi connectivity index (χ2v) is 5.18. The molecule has 0 spiro atoms. The number of aromatic nitrogens is 1. The van der Waals surface area contributed by atoms with Crippen molar-refractivity contribution in [1.29, 1.82) is 0 Å². The van der Waals surface area contributed by atoms with Crippen LogP contribution < -0.4 is 10.5 Å². The Morgan fingerprint density at radius 3 is 3.00 bits per heavy atom. The zero-order valence-electron chi connectivity index (χ0n) is 11.5. The number of amidine groups is 1. The maximum absolute atomic E-state index is 11.1. The Morgan fingerprint density at radius 2 is 2.19 bits per heavy atom. The van der Waals surface area contributed by atoms with Gasteiger partial charge in [-0.05, 0) is 23.9 Å². The number of rotatable bonds is 5. The van der Waals surface area contributed by atoms with Gasteiger partial charge in [0, 0.05) is 17.3 Å². The van der Waals surface area contributed by atoms with Crippen molar-refractivity contribution in [3.63, 3.8) is 0 Å². The lowest BCUT2D eigenvalue weighted by molar-refractivity contribution is 0.179. The SMILES string of the molecule is CCSC(=O)ON=C(N)COc1cccc2cccnc12. The molecule has 0 amide bonds. The Labute approximate surface area is 126 Å². The molecule has 0 aliphatic rings. The van der Waals surface area contributed by atoms with Gasteiger partial charge in [-0.15, -0.1) is 0 Å². The van der Waals surface area contributed by atoms with E-state index in [4.69, 9.17) is 10.5 Å². The fraction of sp³-hybridized carbons (Fsp3) is 0.214. The second-order valence-electron chi connectivity index (χ2n) is 3.98. The maximum atomic E-state index is 11.1. The van der Waals surface area contributed by atoms with Crippen LogP contribution in [-0.2, 0) is 4.84 Å². The number of nitrogens with two attached hydrogens (primary N) is 1. The highest BCUT2D eigenvalue weighted by Crippen LogP contribution is 2.22. The molecule has 1 heterocycles. The molecule has 21 heavy (non-hydrogen) atoms. The molecule has 1 aromatic carbocycles. The van der Waals surface area contributed by atoms with Crippen molar-refractivity contribution in [3.05, 3.63) is 36.5 Å². The molecule has 0 atom stereocenters. The van der Waals surface area contributed by atoms with Gasteiger partial charge >= 0.3 is 5.30 Å². The molecule has 0 unspecified atom stereocenters. The Hall–Kier alpha value is -2.28. The third-order valence-corrected chi connectivity index (χ3v) is 3.07. The fourth-order valence-corrected chi connectivity index (χ4v) is 1.94. The Balaban J connectivity index is 1.98. The number of hydrogen-bond acceptors (Lipinski definition) is 6. The van der Waals surface area contributed by atoms with Gasteiger partial charge in [-0.2, -0.15) is 0 Å². The van der Waals surface area contributed by atoms with E-state index >= 15 is 0 Å². The standard InChI is InChI=1S/C14H15N3O3S/c1-2-21-14(18)20-17-12(15)9-19-11-7-3-5-10-6-4-8-16-13(10)11/h3-8H,2,9H2,1H3,(H2,15,17). The molecule has 1 aromatic heterocycles. The number of pyridine rings is 1. The normalized spacial score (nSPS) is 11.4. The summed E-state index contributed by atoms with van der Waals surface area (Å²) in [5.41, 5.74) is 6.37. The van der Waals surface area contributed by atoms with Crippen LogP contribution in [0, 0.1) is 0 Å². The molecule has 0 saturated carbocycles. The molecule has 0 fully saturated rings. The van der Waals surface area contributed by atoms with Crippen molar-refractivity contribution in [1.82, 2.24) is 4.98 Å². The van der Waals surface area contributed by atoms with Gasteiger partial charge < -0.3 is 15.3 Å². The lowest BCUT2D eigenvalue weighted by Gasteiger charge is -2.07. The summed E-state index contributed by atoms with van der Waals surface area (Å²) in [4.78, 5) is 20.0. The number of fused-ring (bicyclic) bond motifs is 1. The first kappa shape index (κ1) is 15.1. The van der Waals surface area contributed by atoms with E-state index in [-0.39, 0.29) is 12.4 Å². The van der Waals surface area contributed by atoms with Crippen LogP contribution in [0.4, 0.5) is 4.79 Å². The van der Waals surface area contributed by atoms with Crippen LogP contribution in [0.3, 0.4) is 0 Å². The van der Waals surface area contributed by atoms with Crippen molar-refractivity contribution in [3.8, 4) is 5.75 Å². The summed E-state index contributed by atoms with van der Waals surface area (Å²) in [6.45, 7) is 1.86. The first-order valence-electron chi connectivity index (χ1n) is 6.33. The first-order chi connectivity index (χ1) is 10.2. The predicted octanol–water partition coefficient (Wildman–Crippen LogP) is 2.78. The summed E-state index contributed by atoms with van der Waals surface area (Å²) in [6.07, 6.45) is 1.69. The number of oxime groups is 1. The van der Waals surface area contributed by atoms with Crippen molar-refractivity contribution >= 4 is 33.8 Å². The zero-order valence-corrected chi connectivity index (χ0v) is 12.3. The highest BCUT2D eigenvalue weighted by Gasteiger charge is 2.05. The molecular weight excluding hydrogens is 290 g/mol. The van der Waals surface area contributed by atoms with Crippen molar-refractivity contribution in [2.45, 2.75) is 6.92 Å². The number of nitrogens with zero attached hydrogens (tertiary/aromatic N) is 2. The largest absolute Gasteiger partial charge is 0.483 e. The van der Waals surface area contributed by atoms with Gasteiger partial charge in [0.2, 0.25) is 0 Å². The zero-order chi connectivity index (χ0) is 15.1. The van der Waals surface area contributed by atoms with Crippen LogP contribution in [0.5, 0.6) is 5.75 Å². The Kier molecular flexibility index (Phi) is 5.39. The van der Waals surface area contributed by atoms with Crippen LogP contribution in [0.1, 0.15) is 6.92 Å². The van der Waals surface area contributed by atoms with Crippen molar-refractivity contribution in [2.75, 3.05) is 12.4 Å². The highest BCUT2D eigenvalue weighted by molar-refractivity contribution is 8.13. The number of carbonyl (C=O) groups is 1. The van der Waals surface area contributed by atoms with Crippen LogP contribution in [0.2, 0.25) is 0 Å². The summed E-state index contributed by atoms with van der Waals surface area (Å²) in [5.74, 6) is 1.29. The first-order valence-corrected chi connectivity index (χ1v) is 7.32. The van der Waals surface area contributed by atoms with Gasteiger partial charge in [0.15, 0.2) is 5.84 Å². The maximum Gasteiger partial charge on any atom is 0.393 e. The summed E-state index contributed by atoms with van der Waals surface area (Å²) in [7, 11) is 0. The molecule has 0 bridgehead atoms. The van der Waals surface area contributed by atoms with Gasteiger partial charge in [0.1, 0.15) is 17.9 Å². The summed E-state index contributed by atoms with van der Waals surface area (Å²) in [6, 6.07) is 9.39. The number of benzene rings is 1. The molecular formula is C14H15N3O3S. The van der Waals surface area contributed by atoms with Gasteiger partial charge in [-0.1, -0.05) is 30.3 Å². The molecule has 2 rings (SSSR count). The van der Waals surface area contributed by atoms with Crippen LogP contribution in [-0.4, -0.2) is 28.5 Å². The smallest absolute Gasteiger partial charge is 0.393 e. The minimum atomic E-state index is -0.493. The topological polar surface area (TPSA) is 86.8 Å². The summed E-state index contributed by atoms with van der Waals surface area (Å²) in [5, 5.41) is 3.99. The van der Waals surface area contributed by atoms with Crippen molar-refractivity contribution < 1.29 is 14.4 Å². The third kappa shape index (κ3) is 4.35. The van der Waals surface area contributed by atoms with Crippen LogP contribution in [0.25, 0.3) is 10.9 Å². The lowest BCUT2D eigenvalue weighted by atomic mass is 10.2. The predicted molar refractivity (Wildman–Crippen MR) is 83.5 cm³/mol. The van der Waals surface area contributed by atoms with Gasteiger partial charge in [0.05, 0.1) is 0 Å². The molecule has 2 N–H and O–H groups in total. The average Bonchev–Trinajstić information content (AvgIpc) is 2.51. The summed E-state index contributed by atoms with van der Waals surface area (Å²) >= 11 is 1.02.